The van der Waals surface area contributed by atoms with Crippen molar-refractivity contribution in [3.05, 3.63) is 59.1 Å². The van der Waals surface area contributed by atoms with Gasteiger partial charge < -0.3 is 10.1 Å². The lowest BCUT2D eigenvalue weighted by atomic mass is 10.2. The zero-order valence-corrected chi connectivity index (χ0v) is 13.8. The number of hydrazine groups is 1. The molecule has 2 aromatic rings. The molecule has 26 heavy (non-hydrogen) atoms. The molecule has 0 spiro atoms. The van der Waals surface area contributed by atoms with Crippen molar-refractivity contribution < 1.29 is 27.5 Å². The molecule has 0 aliphatic carbocycles. The highest BCUT2D eigenvalue weighted by atomic mass is 35.5. The van der Waals surface area contributed by atoms with E-state index in [2.05, 4.69) is 10.7 Å². The third-order valence-corrected chi connectivity index (χ3v) is 3.20. The van der Waals surface area contributed by atoms with E-state index in [1.165, 1.54) is 6.07 Å². The molecule has 0 saturated heterocycles. The maximum Gasteiger partial charge on any atom is 0.416 e. The largest absolute Gasteiger partial charge is 0.484 e. The van der Waals surface area contributed by atoms with Crippen LogP contribution in [0.1, 0.15) is 5.56 Å². The van der Waals surface area contributed by atoms with Gasteiger partial charge in [0.05, 0.1) is 5.56 Å². The third kappa shape index (κ3) is 6.17. The summed E-state index contributed by atoms with van der Waals surface area (Å²) in [5.74, 6) is -0.267. The van der Waals surface area contributed by atoms with Crippen molar-refractivity contribution >= 4 is 29.2 Å². The average Bonchev–Trinajstić information content (AvgIpc) is 2.59. The first-order valence-electron chi connectivity index (χ1n) is 7.15. The first-order valence-corrected chi connectivity index (χ1v) is 7.53. The second kappa shape index (κ2) is 8.43. The topological polar surface area (TPSA) is 79.5 Å². The molecule has 0 aliphatic rings. The summed E-state index contributed by atoms with van der Waals surface area (Å²) in [6.07, 6.45) is -4.53. The van der Waals surface area contributed by atoms with Crippen LogP contribution in [0.15, 0.2) is 48.5 Å². The molecule has 2 aromatic carbocycles. The highest BCUT2D eigenvalue weighted by molar-refractivity contribution is 6.30. The summed E-state index contributed by atoms with van der Waals surface area (Å²) >= 11 is 5.71. The minimum absolute atomic E-state index is 0.0796. The predicted molar refractivity (Wildman–Crippen MR) is 88.7 cm³/mol. The van der Waals surface area contributed by atoms with Gasteiger partial charge in [-0.15, -0.1) is 0 Å². The Morgan fingerprint density at radius 1 is 1.04 bits per heavy atom. The van der Waals surface area contributed by atoms with E-state index < -0.39 is 23.7 Å². The third-order valence-electron chi connectivity index (χ3n) is 2.95. The fraction of sp³-hybridized carbons (Fsp3) is 0.125. The Morgan fingerprint density at radius 3 is 2.38 bits per heavy atom. The number of nitrogens with one attached hydrogen (secondary N) is 3. The number of benzene rings is 2. The van der Waals surface area contributed by atoms with E-state index in [0.717, 1.165) is 18.2 Å². The van der Waals surface area contributed by atoms with Gasteiger partial charge >= 0.3 is 12.2 Å². The molecule has 0 fully saturated rings. The van der Waals surface area contributed by atoms with Crippen LogP contribution in [-0.2, 0) is 11.0 Å². The smallest absolute Gasteiger partial charge is 0.416 e. The lowest BCUT2D eigenvalue weighted by molar-refractivity contribution is -0.137. The molecule has 0 saturated carbocycles. The second-order valence-electron chi connectivity index (χ2n) is 4.95. The summed E-state index contributed by atoms with van der Waals surface area (Å²) in [5.41, 5.74) is 3.07. The number of rotatable bonds is 4. The number of hydrogen-bond donors (Lipinski definition) is 3. The van der Waals surface area contributed by atoms with E-state index in [0.29, 0.717) is 10.8 Å². The molecule has 0 aliphatic heterocycles. The summed E-state index contributed by atoms with van der Waals surface area (Å²) in [7, 11) is 0. The predicted octanol–water partition coefficient (Wildman–Crippen LogP) is 3.59. The quantitative estimate of drug-likeness (QED) is 0.701. The number of hydrogen-bond acceptors (Lipinski definition) is 3. The van der Waals surface area contributed by atoms with Gasteiger partial charge in [-0.25, -0.2) is 10.2 Å². The Bertz CT molecular complexity index is 782. The van der Waals surface area contributed by atoms with Crippen LogP contribution in [0, 0.1) is 0 Å². The number of carbonyl (C=O) groups is 2. The monoisotopic (exact) mass is 387 g/mol. The minimum atomic E-state index is -4.53. The fourth-order valence-corrected chi connectivity index (χ4v) is 1.90. The number of carbonyl (C=O) groups excluding carboxylic acids is 2. The lowest BCUT2D eigenvalue weighted by Gasteiger charge is -2.11. The van der Waals surface area contributed by atoms with Crippen LogP contribution in [0.5, 0.6) is 5.75 Å². The number of halogens is 4. The molecule has 138 valence electrons. The molecular weight excluding hydrogens is 375 g/mol. The molecule has 0 bridgehead atoms. The van der Waals surface area contributed by atoms with Crippen molar-refractivity contribution in [1.82, 2.24) is 10.9 Å². The SMILES string of the molecule is O=C(COc1ccc(Cl)cc1)NNC(=O)Nc1cccc(C(F)(F)F)c1. The average molecular weight is 388 g/mol. The summed E-state index contributed by atoms with van der Waals surface area (Å²) in [5, 5.41) is 2.68. The molecule has 0 atom stereocenters. The molecule has 6 nitrogen and oxygen atoms in total. The maximum atomic E-state index is 12.6. The van der Waals surface area contributed by atoms with E-state index in [4.69, 9.17) is 16.3 Å². The van der Waals surface area contributed by atoms with E-state index in [-0.39, 0.29) is 12.3 Å². The van der Waals surface area contributed by atoms with Crippen LogP contribution >= 0.6 is 11.6 Å². The van der Waals surface area contributed by atoms with Crippen molar-refractivity contribution in [2.24, 2.45) is 0 Å². The van der Waals surface area contributed by atoms with Crippen molar-refractivity contribution in [2.75, 3.05) is 11.9 Å². The van der Waals surface area contributed by atoms with Gasteiger partial charge in [0.15, 0.2) is 6.61 Å². The minimum Gasteiger partial charge on any atom is -0.484 e. The first-order chi connectivity index (χ1) is 12.2. The van der Waals surface area contributed by atoms with Gasteiger partial charge in [-0.1, -0.05) is 17.7 Å². The molecule has 2 rings (SSSR count). The van der Waals surface area contributed by atoms with E-state index in [1.807, 2.05) is 5.43 Å². The zero-order chi connectivity index (χ0) is 19.2. The number of amides is 3. The van der Waals surface area contributed by atoms with Gasteiger partial charge in [0.25, 0.3) is 5.91 Å². The number of alkyl halides is 3. The van der Waals surface area contributed by atoms with Crippen LogP contribution in [0.4, 0.5) is 23.7 Å². The van der Waals surface area contributed by atoms with Crippen molar-refractivity contribution in [3.63, 3.8) is 0 Å². The highest BCUT2D eigenvalue weighted by Gasteiger charge is 2.30. The Balaban J connectivity index is 1.77. The van der Waals surface area contributed by atoms with E-state index in [1.54, 1.807) is 24.3 Å². The Hall–Kier alpha value is -2.94. The van der Waals surface area contributed by atoms with E-state index in [9.17, 15) is 22.8 Å². The molecule has 0 unspecified atom stereocenters. The molecular formula is C16H13ClF3N3O3. The molecule has 3 amide bonds. The normalized spacial score (nSPS) is 10.8. The van der Waals surface area contributed by atoms with Gasteiger partial charge in [-0.05, 0) is 42.5 Å². The van der Waals surface area contributed by atoms with Crippen molar-refractivity contribution in [2.45, 2.75) is 6.18 Å². The summed E-state index contributed by atoms with van der Waals surface area (Å²) in [4.78, 5) is 23.2. The summed E-state index contributed by atoms with van der Waals surface area (Å²) in [6.45, 7) is -0.383. The number of ether oxygens (including phenoxy) is 1. The second-order valence-corrected chi connectivity index (χ2v) is 5.38. The van der Waals surface area contributed by atoms with Crippen LogP contribution in [-0.4, -0.2) is 18.5 Å². The molecule has 10 heteroatoms. The van der Waals surface area contributed by atoms with Gasteiger partial charge in [-0.3, -0.25) is 10.2 Å². The summed E-state index contributed by atoms with van der Waals surface area (Å²) < 4.78 is 43.0. The Kier molecular flexibility index (Phi) is 6.29. The van der Waals surface area contributed by atoms with Crippen LogP contribution in [0.2, 0.25) is 5.02 Å². The standard InChI is InChI=1S/C16H13ClF3N3O3/c17-11-4-6-13(7-5-11)26-9-14(24)22-23-15(25)21-12-3-1-2-10(8-12)16(18,19)20/h1-8H,9H2,(H,22,24)(H2,21,23,25). The van der Waals surface area contributed by atoms with Gasteiger partial charge in [0.2, 0.25) is 0 Å². The lowest BCUT2D eigenvalue weighted by Crippen LogP contribution is -2.45. The zero-order valence-electron chi connectivity index (χ0n) is 13.1. The summed E-state index contributed by atoms with van der Waals surface area (Å²) in [6, 6.07) is 9.43. The maximum absolute atomic E-state index is 12.6. The van der Waals surface area contributed by atoms with Gasteiger partial charge in [0, 0.05) is 10.7 Å². The van der Waals surface area contributed by atoms with Crippen LogP contribution < -0.4 is 20.9 Å². The van der Waals surface area contributed by atoms with Gasteiger partial charge in [-0.2, -0.15) is 13.2 Å². The molecule has 0 heterocycles. The van der Waals surface area contributed by atoms with E-state index >= 15 is 0 Å². The van der Waals surface area contributed by atoms with Crippen LogP contribution in [0.3, 0.4) is 0 Å². The molecule has 0 aromatic heterocycles. The molecule has 3 N–H and O–H groups in total. The first kappa shape index (κ1) is 19.4. The van der Waals surface area contributed by atoms with Crippen LogP contribution in [0.25, 0.3) is 0 Å². The molecule has 0 radical (unpaired) electrons. The Morgan fingerprint density at radius 2 is 1.73 bits per heavy atom. The Labute approximate surface area is 151 Å². The van der Waals surface area contributed by atoms with Crippen molar-refractivity contribution in [3.8, 4) is 5.75 Å². The number of anilines is 1. The fourth-order valence-electron chi connectivity index (χ4n) is 1.78. The highest BCUT2D eigenvalue weighted by Crippen LogP contribution is 2.30. The van der Waals surface area contributed by atoms with Gasteiger partial charge in [0.1, 0.15) is 5.75 Å². The van der Waals surface area contributed by atoms with Crippen molar-refractivity contribution in [1.29, 1.82) is 0 Å². The number of urea groups is 1.